The summed E-state index contributed by atoms with van der Waals surface area (Å²) in [5.74, 6) is -0.449. The van der Waals surface area contributed by atoms with Crippen LogP contribution >= 0.6 is 0 Å². The molecule has 1 amide bonds. The van der Waals surface area contributed by atoms with Gasteiger partial charge in [0.2, 0.25) is 0 Å². The van der Waals surface area contributed by atoms with Crippen molar-refractivity contribution in [3.8, 4) is 0 Å². The fourth-order valence-electron chi connectivity index (χ4n) is 1.91. The quantitative estimate of drug-likeness (QED) is 0.634. The van der Waals surface area contributed by atoms with Crippen LogP contribution in [0.1, 0.15) is 32.6 Å². The van der Waals surface area contributed by atoms with Gasteiger partial charge in [0.05, 0.1) is 6.54 Å². The highest BCUT2D eigenvalue weighted by atomic mass is 16.1. The second-order valence-corrected chi connectivity index (χ2v) is 3.45. The molecule has 3 nitrogen and oxygen atoms in total. The minimum absolute atomic E-state index is 0.332. The molecule has 1 rings (SSSR count). The molecule has 1 unspecified atom stereocenters. The molecule has 0 bridgehead atoms. The van der Waals surface area contributed by atoms with Gasteiger partial charge in [0, 0.05) is 6.04 Å². The summed E-state index contributed by atoms with van der Waals surface area (Å²) in [7, 11) is 0. The molecule has 1 N–H and O–H groups in total. The molecule has 1 fully saturated rings. The van der Waals surface area contributed by atoms with Crippen molar-refractivity contribution in [1.29, 1.82) is 0 Å². The second kappa shape index (κ2) is 4.45. The third-order valence-corrected chi connectivity index (χ3v) is 2.57. The van der Waals surface area contributed by atoms with E-state index in [1.807, 2.05) is 0 Å². The lowest BCUT2D eigenvalue weighted by molar-refractivity contribution is -0.120. The van der Waals surface area contributed by atoms with Crippen LogP contribution in [0.15, 0.2) is 0 Å². The minimum Gasteiger partial charge on any atom is -0.291 e. The number of amides is 1. The van der Waals surface area contributed by atoms with Crippen LogP contribution in [0.5, 0.6) is 0 Å². The molecule has 1 atom stereocenters. The van der Waals surface area contributed by atoms with E-state index >= 15 is 0 Å². The van der Waals surface area contributed by atoms with Gasteiger partial charge in [0.15, 0.2) is 0 Å². The van der Waals surface area contributed by atoms with Crippen molar-refractivity contribution in [3.05, 3.63) is 0 Å². The third-order valence-electron chi connectivity index (χ3n) is 2.57. The summed E-state index contributed by atoms with van der Waals surface area (Å²) in [4.78, 5) is 12.8. The van der Waals surface area contributed by atoms with Crippen LogP contribution in [-0.4, -0.2) is 29.9 Å². The molecule has 0 saturated carbocycles. The van der Waals surface area contributed by atoms with E-state index in [1.165, 1.54) is 19.3 Å². The standard InChI is InChI=1S/C9H17N2O/c1-2-8-5-3-4-6-11(8)7-9(10)12/h8,10H,2-7H2,1H3. The highest BCUT2D eigenvalue weighted by Crippen LogP contribution is 2.18. The molecular weight excluding hydrogens is 152 g/mol. The molecule has 1 aliphatic rings. The lowest BCUT2D eigenvalue weighted by Gasteiger charge is -2.33. The summed E-state index contributed by atoms with van der Waals surface area (Å²) in [6.07, 6.45) is 4.77. The first-order chi connectivity index (χ1) is 5.74. The van der Waals surface area contributed by atoms with E-state index in [0.717, 1.165) is 13.0 Å². The molecular formula is C9H17N2O. The van der Waals surface area contributed by atoms with E-state index in [9.17, 15) is 4.79 Å². The van der Waals surface area contributed by atoms with Crippen LogP contribution in [0, 0.1) is 0 Å². The Morgan fingerprint density at radius 2 is 2.33 bits per heavy atom. The number of carbonyl (C=O) groups is 1. The summed E-state index contributed by atoms with van der Waals surface area (Å²) < 4.78 is 0. The van der Waals surface area contributed by atoms with Crippen molar-refractivity contribution in [2.75, 3.05) is 13.1 Å². The van der Waals surface area contributed by atoms with Crippen molar-refractivity contribution in [1.82, 2.24) is 10.6 Å². The van der Waals surface area contributed by atoms with Crippen molar-refractivity contribution in [2.24, 2.45) is 0 Å². The molecule has 1 heterocycles. The molecule has 0 spiro atoms. The second-order valence-electron chi connectivity index (χ2n) is 3.45. The number of piperidine rings is 1. The fraction of sp³-hybridized carbons (Fsp3) is 0.889. The van der Waals surface area contributed by atoms with Crippen molar-refractivity contribution >= 4 is 5.91 Å². The lowest BCUT2D eigenvalue weighted by Crippen LogP contribution is -2.42. The number of hydrogen-bond donors (Lipinski definition) is 0. The number of nitrogens with one attached hydrogen (secondary N) is 1. The molecule has 0 aliphatic carbocycles. The molecule has 12 heavy (non-hydrogen) atoms. The summed E-state index contributed by atoms with van der Waals surface area (Å²) in [5, 5.41) is 0. The number of nitrogens with zero attached hydrogens (tertiary/aromatic N) is 1. The Morgan fingerprint density at radius 1 is 1.58 bits per heavy atom. The Bertz CT molecular complexity index is 159. The topological polar surface area (TPSA) is 44.1 Å². The van der Waals surface area contributed by atoms with Gasteiger partial charge in [0.1, 0.15) is 0 Å². The monoisotopic (exact) mass is 169 g/mol. The van der Waals surface area contributed by atoms with E-state index < -0.39 is 5.91 Å². The lowest BCUT2D eigenvalue weighted by atomic mass is 10.0. The van der Waals surface area contributed by atoms with Gasteiger partial charge in [-0.15, -0.1) is 0 Å². The van der Waals surface area contributed by atoms with Crippen LogP contribution in [0.4, 0.5) is 0 Å². The number of carbonyl (C=O) groups excluding carboxylic acids is 1. The van der Waals surface area contributed by atoms with Gasteiger partial charge in [0.25, 0.3) is 5.91 Å². The Balaban J connectivity index is 2.41. The van der Waals surface area contributed by atoms with Crippen molar-refractivity contribution in [3.63, 3.8) is 0 Å². The van der Waals surface area contributed by atoms with E-state index in [0.29, 0.717) is 12.6 Å². The van der Waals surface area contributed by atoms with Crippen LogP contribution in [0.25, 0.3) is 0 Å². The maximum absolute atomic E-state index is 10.6. The number of likely N-dealkylation sites (tertiary alicyclic amines) is 1. The maximum atomic E-state index is 10.6. The molecule has 0 aromatic carbocycles. The highest BCUT2D eigenvalue weighted by molar-refractivity contribution is 5.75. The van der Waals surface area contributed by atoms with Gasteiger partial charge in [-0.3, -0.25) is 15.4 Å². The average Bonchev–Trinajstić information content (AvgIpc) is 2.04. The first-order valence-corrected chi connectivity index (χ1v) is 4.72. The van der Waals surface area contributed by atoms with Crippen LogP contribution in [0.3, 0.4) is 0 Å². The van der Waals surface area contributed by atoms with Gasteiger partial charge in [-0.05, 0) is 25.8 Å². The van der Waals surface area contributed by atoms with Gasteiger partial charge < -0.3 is 0 Å². The van der Waals surface area contributed by atoms with Crippen LogP contribution in [-0.2, 0) is 4.79 Å². The van der Waals surface area contributed by atoms with Crippen molar-refractivity contribution < 1.29 is 4.79 Å². The normalized spacial score (nSPS) is 25.6. The molecule has 3 heteroatoms. The first kappa shape index (κ1) is 9.52. The average molecular weight is 169 g/mol. The Hall–Kier alpha value is -0.570. The van der Waals surface area contributed by atoms with E-state index in [1.54, 1.807) is 0 Å². The summed E-state index contributed by atoms with van der Waals surface area (Å²) in [5.41, 5.74) is 6.90. The van der Waals surface area contributed by atoms with E-state index in [-0.39, 0.29) is 0 Å². The van der Waals surface area contributed by atoms with E-state index in [2.05, 4.69) is 11.8 Å². The SMILES string of the molecule is CCC1CCCCN1CC([NH])=O. The first-order valence-electron chi connectivity index (χ1n) is 4.72. The van der Waals surface area contributed by atoms with Gasteiger partial charge >= 0.3 is 0 Å². The zero-order chi connectivity index (χ0) is 8.97. The predicted octanol–water partition coefficient (Wildman–Crippen LogP) is 1.06. The third kappa shape index (κ3) is 2.48. The van der Waals surface area contributed by atoms with Gasteiger partial charge in [-0.2, -0.15) is 0 Å². The zero-order valence-corrected chi connectivity index (χ0v) is 7.68. The highest BCUT2D eigenvalue weighted by Gasteiger charge is 2.21. The van der Waals surface area contributed by atoms with Gasteiger partial charge in [-0.1, -0.05) is 13.3 Å². The molecule has 0 aromatic rings. The maximum Gasteiger partial charge on any atom is 0.252 e. The fourth-order valence-corrected chi connectivity index (χ4v) is 1.91. The van der Waals surface area contributed by atoms with Crippen molar-refractivity contribution in [2.45, 2.75) is 38.6 Å². The zero-order valence-electron chi connectivity index (χ0n) is 7.68. The number of rotatable bonds is 3. The summed E-state index contributed by atoms with van der Waals surface area (Å²) >= 11 is 0. The molecule has 1 aliphatic heterocycles. The molecule has 0 aromatic heterocycles. The molecule has 1 radical (unpaired) electrons. The minimum atomic E-state index is -0.449. The van der Waals surface area contributed by atoms with Gasteiger partial charge in [-0.25, -0.2) is 0 Å². The smallest absolute Gasteiger partial charge is 0.252 e. The van der Waals surface area contributed by atoms with E-state index in [4.69, 9.17) is 5.73 Å². The Morgan fingerprint density at radius 3 is 2.92 bits per heavy atom. The summed E-state index contributed by atoms with van der Waals surface area (Å²) in [6.45, 7) is 3.49. The largest absolute Gasteiger partial charge is 0.291 e. The number of hydrogen-bond acceptors (Lipinski definition) is 2. The summed E-state index contributed by atoms with van der Waals surface area (Å²) in [6, 6.07) is 0.549. The van der Waals surface area contributed by atoms with Crippen LogP contribution in [0.2, 0.25) is 0 Å². The predicted molar refractivity (Wildman–Crippen MR) is 47.6 cm³/mol. The molecule has 1 saturated heterocycles. The van der Waals surface area contributed by atoms with Crippen LogP contribution < -0.4 is 5.73 Å². The Labute approximate surface area is 73.9 Å². The molecule has 69 valence electrons. The Kier molecular flexibility index (Phi) is 3.53.